The van der Waals surface area contributed by atoms with Crippen molar-refractivity contribution in [3.63, 3.8) is 0 Å². The lowest BCUT2D eigenvalue weighted by Gasteiger charge is -2.21. The summed E-state index contributed by atoms with van der Waals surface area (Å²) in [5, 5.41) is 10.5. The first-order valence-corrected chi connectivity index (χ1v) is 13.3. The Hall–Kier alpha value is -4.96. The number of aromatic nitrogens is 3. The van der Waals surface area contributed by atoms with Gasteiger partial charge in [0, 0.05) is 21.3 Å². The minimum atomic E-state index is -0.163. The Morgan fingerprint density at radius 2 is 1.36 bits per heavy atom. The number of fused-ring (bicyclic) bond motifs is 6. The Kier molecular flexibility index (Phi) is 4.54. The summed E-state index contributed by atoms with van der Waals surface area (Å²) < 4.78 is 8.46. The van der Waals surface area contributed by atoms with Crippen LogP contribution in [0, 0.1) is 0 Å². The summed E-state index contributed by atoms with van der Waals surface area (Å²) in [5.41, 5.74) is 10.1. The number of furan rings is 1. The van der Waals surface area contributed by atoms with Crippen LogP contribution in [0.3, 0.4) is 0 Å². The van der Waals surface area contributed by atoms with E-state index in [1.807, 2.05) is 24.3 Å². The molecule has 2 heterocycles. The lowest BCUT2D eigenvalue weighted by molar-refractivity contribution is -0.572. The maximum atomic E-state index is 6.25. The molecular formula is C35H26N3O+. The van der Waals surface area contributed by atoms with Gasteiger partial charge in [-0.1, -0.05) is 74.5 Å². The second-order valence-corrected chi connectivity index (χ2v) is 10.8. The van der Waals surface area contributed by atoms with Crippen LogP contribution in [-0.4, -0.2) is 10.2 Å². The molecule has 5 aromatic carbocycles. The Labute approximate surface area is 226 Å². The maximum Gasteiger partial charge on any atom is 0.314 e. The Morgan fingerprint density at radius 1 is 0.641 bits per heavy atom. The summed E-state index contributed by atoms with van der Waals surface area (Å²) in [5.74, 6) is 1.83. The third-order valence-electron chi connectivity index (χ3n) is 8.20. The van der Waals surface area contributed by atoms with Gasteiger partial charge < -0.3 is 4.42 Å². The molecule has 0 radical (unpaired) electrons. The smallest absolute Gasteiger partial charge is 0.314 e. The molecule has 0 fully saturated rings. The number of nitrogens with one attached hydrogen (secondary N) is 1. The number of aromatic amines is 1. The second-order valence-electron chi connectivity index (χ2n) is 10.8. The highest BCUT2D eigenvalue weighted by Gasteiger charge is 2.37. The molecule has 0 saturated carbocycles. The molecule has 8 rings (SSSR count). The van der Waals surface area contributed by atoms with E-state index in [4.69, 9.17) is 9.52 Å². The molecule has 1 aliphatic rings. The molecule has 7 aromatic rings. The first-order valence-electron chi connectivity index (χ1n) is 13.3. The van der Waals surface area contributed by atoms with E-state index < -0.39 is 0 Å². The van der Waals surface area contributed by atoms with Gasteiger partial charge in [-0.3, -0.25) is 0 Å². The number of rotatable bonds is 3. The number of hydrogen-bond acceptors (Lipinski definition) is 2. The van der Waals surface area contributed by atoms with Crippen LogP contribution in [0.2, 0.25) is 0 Å². The molecule has 1 aliphatic carbocycles. The van der Waals surface area contributed by atoms with Crippen LogP contribution in [0.5, 0.6) is 0 Å². The van der Waals surface area contributed by atoms with Crippen molar-refractivity contribution in [1.82, 2.24) is 10.2 Å². The van der Waals surface area contributed by atoms with Gasteiger partial charge in [0.15, 0.2) is 0 Å². The van der Waals surface area contributed by atoms with Crippen LogP contribution in [-0.2, 0) is 5.41 Å². The van der Waals surface area contributed by atoms with Crippen LogP contribution < -0.4 is 4.57 Å². The van der Waals surface area contributed by atoms with Crippen LogP contribution in [0.4, 0.5) is 0 Å². The zero-order valence-corrected chi connectivity index (χ0v) is 21.8. The van der Waals surface area contributed by atoms with Crippen molar-refractivity contribution in [2.24, 2.45) is 0 Å². The van der Waals surface area contributed by atoms with Gasteiger partial charge in [0.1, 0.15) is 16.9 Å². The third kappa shape index (κ3) is 3.18. The van der Waals surface area contributed by atoms with Gasteiger partial charge in [-0.05, 0) is 76.9 Å². The van der Waals surface area contributed by atoms with E-state index in [9.17, 15) is 0 Å². The largest absolute Gasteiger partial charge is 0.456 e. The molecule has 2 aromatic heterocycles. The average molecular weight is 505 g/mol. The second kappa shape index (κ2) is 8.02. The van der Waals surface area contributed by atoms with Crippen molar-refractivity contribution in [3.05, 3.63) is 126 Å². The SMILES string of the molecule is CC1(C)c2cc(-c3n[nH]c(-c4ccccc4)[n+]3-c3ccccc3)ccc2-c2cc3oc4ccccc4c3cc21. The van der Waals surface area contributed by atoms with Crippen molar-refractivity contribution in [2.75, 3.05) is 0 Å². The van der Waals surface area contributed by atoms with Gasteiger partial charge >= 0.3 is 5.82 Å². The third-order valence-corrected chi connectivity index (χ3v) is 8.20. The van der Waals surface area contributed by atoms with Gasteiger partial charge in [-0.25, -0.2) is 0 Å². The molecule has 0 unspecified atom stereocenters. The quantitative estimate of drug-likeness (QED) is 0.246. The van der Waals surface area contributed by atoms with Crippen LogP contribution >= 0.6 is 0 Å². The summed E-state index contributed by atoms with van der Waals surface area (Å²) in [4.78, 5) is 0. The number of benzene rings is 5. The normalized spacial score (nSPS) is 13.6. The minimum absolute atomic E-state index is 0.163. The molecule has 186 valence electrons. The van der Waals surface area contributed by atoms with E-state index >= 15 is 0 Å². The Balaban J connectivity index is 1.32. The van der Waals surface area contributed by atoms with Crippen molar-refractivity contribution in [1.29, 1.82) is 0 Å². The van der Waals surface area contributed by atoms with Crippen LogP contribution in [0.1, 0.15) is 25.0 Å². The average Bonchev–Trinajstić information content (AvgIpc) is 3.64. The molecule has 0 saturated heterocycles. The Morgan fingerprint density at radius 3 is 2.18 bits per heavy atom. The lowest BCUT2D eigenvalue weighted by Crippen LogP contribution is -2.34. The molecule has 0 bridgehead atoms. The summed E-state index contributed by atoms with van der Waals surface area (Å²) in [6, 6.07) is 40.4. The topological polar surface area (TPSA) is 45.7 Å². The molecule has 0 amide bonds. The van der Waals surface area contributed by atoms with E-state index in [2.05, 4.69) is 115 Å². The highest BCUT2D eigenvalue weighted by molar-refractivity contribution is 6.07. The fourth-order valence-corrected chi connectivity index (χ4v) is 6.22. The maximum absolute atomic E-state index is 6.25. The lowest BCUT2D eigenvalue weighted by atomic mass is 9.81. The van der Waals surface area contributed by atoms with E-state index in [-0.39, 0.29) is 5.41 Å². The van der Waals surface area contributed by atoms with E-state index in [1.54, 1.807) is 0 Å². The Bertz CT molecular complexity index is 2030. The van der Waals surface area contributed by atoms with Gasteiger partial charge in [0.25, 0.3) is 5.82 Å². The van der Waals surface area contributed by atoms with Crippen molar-refractivity contribution < 1.29 is 8.98 Å². The first-order chi connectivity index (χ1) is 19.1. The number of nitrogens with zero attached hydrogens (tertiary/aromatic N) is 2. The fraction of sp³-hybridized carbons (Fsp3) is 0.0857. The highest BCUT2D eigenvalue weighted by atomic mass is 16.3. The van der Waals surface area contributed by atoms with E-state index in [1.165, 1.54) is 27.6 Å². The number of hydrogen-bond donors (Lipinski definition) is 1. The zero-order valence-electron chi connectivity index (χ0n) is 21.8. The predicted molar refractivity (Wildman–Crippen MR) is 156 cm³/mol. The molecule has 0 spiro atoms. The number of para-hydroxylation sites is 2. The minimum Gasteiger partial charge on any atom is -0.456 e. The van der Waals surface area contributed by atoms with Crippen LogP contribution in [0.15, 0.2) is 120 Å². The van der Waals surface area contributed by atoms with Crippen molar-refractivity contribution >= 4 is 21.9 Å². The first kappa shape index (κ1) is 22.1. The number of H-pyrrole nitrogens is 1. The highest BCUT2D eigenvalue weighted by Crippen LogP contribution is 2.51. The predicted octanol–water partition coefficient (Wildman–Crippen LogP) is 8.23. The van der Waals surface area contributed by atoms with Gasteiger partial charge in [-0.2, -0.15) is 4.57 Å². The molecule has 0 atom stereocenters. The standard InChI is InChI=1S/C35H25N3O/c1-35(2)29-19-23(34-37-36-33(22-11-5-3-6-12-22)38(34)24-13-7-4-8-14-24)17-18-25(29)27-21-32-28(20-30(27)35)26-15-9-10-16-31(26)39-32/h3-21H,1-2H3/p+1. The molecule has 4 nitrogen and oxygen atoms in total. The molecule has 4 heteroatoms. The van der Waals surface area contributed by atoms with Crippen molar-refractivity contribution in [2.45, 2.75) is 19.3 Å². The van der Waals surface area contributed by atoms with E-state index in [0.717, 1.165) is 45.0 Å². The monoisotopic (exact) mass is 504 g/mol. The zero-order chi connectivity index (χ0) is 26.1. The molecular weight excluding hydrogens is 478 g/mol. The van der Waals surface area contributed by atoms with Gasteiger partial charge in [0.2, 0.25) is 0 Å². The van der Waals surface area contributed by atoms with E-state index in [0.29, 0.717) is 0 Å². The molecule has 39 heavy (non-hydrogen) atoms. The molecule has 1 N–H and O–H groups in total. The van der Waals surface area contributed by atoms with Crippen LogP contribution in [0.25, 0.3) is 61.5 Å². The molecule has 0 aliphatic heterocycles. The summed E-state index contributed by atoms with van der Waals surface area (Å²) in [6.07, 6.45) is 0. The van der Waals surface area contributed by atoms with Gasteiger partial charge in [-0.15, -0.1) is 5.10 Å². The summed E-state index contributed by atoms with van der Waals surface area (Å²) in [7, 11) is 0. The summed E-state index contributed by atoms with van der Waals surface area (Å²) in [6.45, 7) is 4.64. The fourth-order valence-electron chi connectivity index (χ4n) is 6.22. The van der Waals surface area contributed by atoms with Gasteiger partial charge in [0.05, 0.1) is 11.1 Å². The summed E-state index contributed by atoms with van der Waals surface area (Å²) >= 11 is 0. The van der Waals surface area contributed by atoms with Crippen molar-refractivity contribution in [3.8, 4) is 39.6 Å².